The third-order valence-corrected chi connectivity index (χ3v) is 3.35. The van der Waals surface area contributed by atoms with Gasteiger partial charge in [0.2, 0.25) is 5.95 Å². The molecule has 0 unspecified atom stereocenters. The van der Waals surface area contributed by atoms with Crippen LogP contribution >= 0.6 is 0 Å². The number of methoxy groups -OCH3 is 1. The number of ether oxygens (including phenoxy) is 1. The lowest BCUT2D eigenvalue weighted by Gasteiger charge is -2.05. The molecule has 0 aliphatic carbocycles. The summed E-state index contributed by atoms with van der Waals surface area (Å²) in [6.07, 6.45) is 2.76. The van der Waals surface area contributed by atoms with Crippen molar-refractivity contribution in [2.45, 2.75) is 13.0 Å². The zero-order chi connectivity index (χ0) is 14.1. The maximum Gasteiger partial charge on any atom is 0.201 e. The molecule has 2 aromatic heterocycles. The molecule has 0 spiro atoms. The number of imidazole rings is 1. The Morgan fingerprint density at radius 2 is 2.15 bits per heavy atom. The Bertz CT molecular complexity index is 743. The van der Waals surface area contributed by atoms with Gasteiger partial charge in [0.25, 0.3) is 0 Å². The second-order valence-corrected chi connectivity index (χ2v) is 4.71. The Morgan fingerprint density at radius 3 is 2.85 bits per heavy atom. The molecule has 3 aromatic rings. The Kier molecular flexibility index (Phi) is 3.06. The number of anilines is 1. The molecule has 20 heavy (non-hydrogen) atoms. The van der Waals surface area contributed by atoms with Crippen LogP contribution in [0.5, 0.6) is 5.75 Å². The van der Waals surface area contributed by atoms with E-state index in [4.69, 9.17) is 10.5 Å². The number of aromatic nitrogens is 4. The number of hydrogen-bond donors (Lipinski definition) is 1. The van der Waals surface area contributed by atoms with Gasteiger partial charge in [-0.05, 0) is 18.2 Å². The summed E-state index contributed by atoms with van der Waals surface area (Å²) >= 11 is 0. The highest BCUT2D eigenvalue weighted by atomic mass is 16.5. The number of nitrogens with zero attached hydrogens (tertiary/aromatic N) is 4. The molecule has 0 aliphatic rings. The van der Waals surface area contributed by atoms with Crippen LogP contribution in [0.2, 0.25) is 0 Å². The fourth-order valence-electron chi connectivity index (χ4n) is 2.31. The number of nitrogen functional groups attached to an aromatic ring is 1. The highest BCUT2D eigenvalue weighted by molar-refractivity contribution is 5.79. The fourth-order valence-corrected chi connectivity index (χ4v) is 2.31. The molecule has 104 valence electrons. The number of hydrogen-bond acceptors (Lipinski definition) is 4. The molecule has 0 bridgehead atoms. The summed E-state index contributed by atoms with van der Waals surface area (Å²) in [6.45, 7) is 0.756. The van der Waals surface area contributed by atoms with Gasteiger partial charge in [0.15, 0.2) is 0 Å². The first-order chi connectivity index (χ1) is 9.67. The van der Waals surface area contributed by atoms with Crippen LogP contribution in [0.25, 0.3) is 11.0 Å². The predicted octanol–water partition coefficient (Wildman–Crippen LogP) is 1.60. The minimum Gasteiger partial charge on any atom is -0.497 e. The summed E-state index contributed by atoms with van der Waals surface area (Å²) in [4.78, 5) is 4.37. The maximum absolute atomic E-state index is 6.00. The third kappa shape index (κ3) is 2.20. The molecule has 0 aliphatic heterocycles. The van der Waals surface area contributed by atoms with Gasteiger partial charge in [-0.2, -0.15) is 5.10 Å². The number of benzene rings is 1. The number of nitrogens with two attached hydrogens (primary N) is 1. The highest BCUT2D eigenvalue weighted by Crippen LogP contribution is 2.23. The molecular formula is C14H17N5O. The number of rotatable bonds is 4. The first-order valence-corrected chi connectivity index (χ1v) is 6.45. The zero-order valence-electron chi connectivity index (χ0n) is 11.6. The second kappa shape index (κ2) is 4.88. The van der Waals surface area contributed by atoms with Crippen LogP contribution in [0.4, 0.5) is 5.95 Å². The van der Waals surface area contributed by atoms with Gasteiger partial charge < -0.3 is 15.0 Å². The van der Waals surface area contributed by atoms with Gasteiger partial charge in [0.1, 0.15) is 5.75 Å². The molecule has 2 heterocycles. The summed E-state index contributed by atoms with van der Waals surface area (Å²) < 4.78 is 9.01. The van der Waals surface area contributed by atoms with Crippen LogP contribution in [0.3, 0.4) is 0 Å². The fraction of sp³-hybridized carbons (Fsp3) is 0.286. The molecule has 0 saturated carbocycles. The number of fused-ring (bicyclic) bond motifs is 1. The molecule has 3 rings (SSSR count). The molecule has 0 saturated heterocycles. The van der Waals surface area contributed by atoms with Gasteiger partial charge >= 0.3 is 0 Å². The van der Waals surface area contributed by atoms with Crippen LogP contribution in [-0.2, 0) is 20.0 Å². The first-order valence-electron chi connectivity index (χ1n) is 6.45. The summed E-state index contributed by atoms with van der Waals surface area (Å²) in [5.41, 5.74) is 8.91. The van der Waals surface area contributed by atoms with Crippen LogP contribution in [0.15, 0.2) is 30.5 Å². The quantitative estimate of drug-likeness (QED) is 0.782. The summed E-state index contributed by atoms with van der Waals surface area (Å²) in [7, 11) is 3.55. The van der Waals surface area contributed by atoms with Gasteiger partial charge in [-0.1, -0.05) is 0 Å². The van der Waals surface area contributed by atoms with Gasteiger partial charge in [0, 0.05) is 32.3 Å². The average Bonchev–Trinajstić information content (AvgIpc) is 2.98. The molecule has 0 fully saturated rings. The highest BCUT2D eigenvalue weighted by Gasteiger charge is 2.09. The van der Waals surface area contributed by atoms with Crippen molar-refractivity contribution < 1.29 is 4.74 Å². The zero-order valence-corrected chi connectivity index (χ0v) is 11.6. The van der Waals surface area contributed by atoms with Gasteiger partial charge in [-0.15, -0.1) is 0 Å². The standard InChI is InChI=1S/C14H17N5O/c1-18-7-5-10(17-18)6-8-19-13-4-3-11(20-2)9-12(13)16-14(19)15/h3-5,7,9H,6,8H2,1-2H3,(H2,15,16). The molecule has 6 nitrogen and oxygen atoms in total. The van der Waals surface area contributed by atoms with Crippen LogP contribution in [0.1, 0.15) is 5.69 Å². The van der Waals surface area contributed by atoms with Crippen molar-refractivity contribution in [2.24, 2.45) is 7.05 Å². The van der Waals surface area contributed by atoms with Crippen LogP contribution < -0.4 is 10.5 Å². The van der Waals surface area contributed by atoms with Crippen molar-refractivity contribution in [3.8, 4) is 5.75 Å². The van der Waals surface area contributed by atoms with E-state index in [2.05, 4.69) is 10.1 Å². The van der Waals surface area contributed by atoms with Gasteiger partial charge in [0.05, 0.1) is 23.8 Å². The van der Waals surface area contributed by atoms with Crippen molar-refractivity contribution in [3.63, 3.8) is 0 Å². The van der Waals surface area contributed by atoms with Crippen molar-refractivity contribution >= 4 is 17.0 Å². The molecule has 0 radical (unpaired) electrons. The minimum atomic E-state index is 0.518. The van der Waals surface area contributed by atoms with E-state index in [1.165, 1.54) is 0 Å². The first kappa shape index (κ1) is 12.5. The monoisotopic (exact) mass is 271 g/mol. The van der Waals surface area contributed by atoms with Crippen molar-refractivity contribution in [1.82, 2.24) is 19.3 Å². The minimum absolute atomic E-state index is 0.518. The van der Waals surface area contributed by atoms with Crippen molar-refractivity contribution in [3.05, 3.63) is 36.2 Å². The second-order valence-electron chi connectivity index (χ2n) is 4.71. The van der Waals surface area contributed by atoms with Crippen LogP contribution in [-0.4, -0.2) is 26.4 Å². The van der Waals surface area contributed by atoms with E-state index in [0.29, 0.717) is 5.95 Å². The SMILES string of the molecule is COc1ccc2c(c1)nc(N)n2CCc1ccn(C)n1. The van der Waals surface area contributed by atoms with E-state index in [-0.39, 0.29) is 0 Å². The lowest BCUT2D eigenvalue weighted by Crippen LogP contribution is -2.06. The Labute approximate surface area is 116 Å². The van der Waals surface area contributed by atoms with E-state index in [1.807, 2.05) is 42.1 Å². The summed E-state index contributed by atoms with van der Waals surface area (Å²) in [5.74, 6) is 1.30. The van der Waals surface area contributed by atoms with E-state index in [9.17, 15) is 0 Å². The lowest BCUT2D eigenvalue weighted by molar-refractivity contribution is 0.415. The summed E-state index contributed by atoms with van der Waals surface area (Å²) in [5, 5.41) is 4.37. The Hall–Kier alpha value is -2.50. The normalized spacial score (nSPS) is 11.1. The predicted molar refractivity (Wildman–Crippen MR) is 77.6 cm³/mol. The molecule has 0 amide bonds. The van der Waals surface area contributed by atoms with Gasteiger partial charge in [-0.25, -0.2) is 4.98 Å². The topological polar surface area (TPSA) is 70.9 Å². The molecule has 6 heteroatoms. The largest absolute Gasteiger partial charge is 0.497 e. The lowest BCUT2D eigenvalue weighted by atomic mass is 10.2. The molecular weight excluding hydrogens is 254 g/mol. The van der Waals surface area contributed by atoms with E-state index < -0.39 is 0 Å². The maximum atomic E-state index is 6.00. The molecule has 0 atom stereocenters. The number of aryl methyl sites for hydroxylation is 3. The van der Waals surface area contributed by atoms with Crippen LogP contribution in [0, 0.1) is 0 Å². The van der Waals surface area contributed by atoms with E-state index in [0.717, 1.165) is 35.4 Å². The van der Waals surface area contributed by atoms with E-state index >= 15 is 0 Å². The molecule has 1 aromatic carbocycles. The molecule has 2 N–H and O–H groups in total. The summed E-state index contributed by atoms with van der Waals surface area (Å²) in [6, 6.07) is 7.80. The van der Waals surface area contributed by atoms with E-state index in [1.54, 1.807) is 11.8 Å². The smallest absolute Gasteiger partial charge is 0.201 e. The third-order valence-electron chi connectivity index (χ3n) is 3.35. The van der Waals surface area contributed by atoms with Crippen molar-refractivity contribution in [1.29, 1.82) is 0 Å². The average molecular weight is 271 g/mol. The Balaban J connectivity index is 1.89. The Morgan fingerprint density at radius 1 is 1.30 bits per heavy atom. The van der Waals surface area contributed by atoms with Gasteiger partial charge in [-0.3, -0.25) is 4.68 Å². The van der Waals surface area contributed by atoms with Crippen molar-refractivity contribution in [2.75, 3.05) is 12.8 Å².